The van der Waals surface area contributed by atoms with Crippen molar-refractivity contribution < 1.29 is 9.59 Å². The molecule has 20 heavy (non-hydrogen) atoms. The predicted octanol–water partition coefficient (Wildman–Crippen LogP) is 2.61. The van der Waals surface area contributed by atoms with Crippen LogP contribution in [0, 0.1) is 37.5 Å². The number of anilines is 1. The fourth-order valence-electron chi connectivity index (χ4n) is 4.24. The molecule has 2 fully saturated rings. The van der Waals surface area contributed by atoms with Gasteiger partial charge in [0.2, 0.25) is 11.8 Å². The number of nitrogens with zero attached hydrogens (tertiary/aromatic N) is 1. The summed E-state index contributed by atoms with van der Waals surface area (Å²) in [6, 6.07) is 5.92. The van der Waals surface area contributed by atoms with Gasteiger partial charge in [-0.15, -0.1) is 0 Å². The highest BCUT2D eigenvalue weighted by molar-refractivity contribution is 6.22. The summed E-state index contributed by atoms with van der Waals surface area (Å²) in [6.07, 6.45) is 5.23. The van der Waals surface area contributed by atoms with E-state index in [1.54, 1.807) is 0 Å². The van der Waals surface area contributed by atoms with Gasteiger partial charge in [-0.25, -0.2) is 4.90 Å². The normalized spacial score (nSPS) is 34.2. The third-order valence-electron chi connectivity index (χ3n) is 4.93. The first-order valence-corrected chi connectivity index (χ1v) is 7.20. The molecule has 2 amide bonds. The summed E-state index contributed by atoms with van der Waals surface area (Å²) in [7, 11) is 0. The van der Waals surface area contributed by atoms with Gasteiger partial charge in [0, 0.05) is 0 Å². The highest BCUT2D eigenvalue weighted by atomic mass is 16.2. The molecule has 1 aliphatic heterocycles. The maximum Gasteiger partial charge on any atom is 0.238 e. The van der Waals surface area contributed by atoms with Gasteiger partial charge in [-0.3, -0.25) is 9.59 Å². The molecule has 1 heterocycles. The summed E-state index contributed by atoms with van der Waals surface area (Å²) in [5, 5.41) is 0. The lowest BCUT2D eigenvalue weighted by atomic mass is 9.85. The lowest BCUT2D eigenvalue weighted by Crippen LogP contribution is -2.32. The summed E-state index contributed by atoms with van der Waals surface area (Å²) in [6.45, 7) is 3.99. The number of benzene rings is 1. The number of rotatable bonds is 1. The number of hydrogen-bond acceptors (Lipinski definition) is 2. The molecule has 0 aromatic heterocycles. The third kappa shape index (κ3) is 1.41. The summed E-state index contributed by atoms with van der Waals surface area (Å²) < 4.78 is 0. The van der Waals surface area contributed by atoms with Crippen molar-refractivity contribution in [3.8, 4) is 0 Å². The molecule has 2 aliphatic carbocycles. The van der Waals surface area contributed by atoms with Crippen LogP contribution in [0.1, 0.15) is 17.5 Å². The van der Waals surface area contributed by atoms with Crippen molar-refractivity contribution in [3.63, 3.8) is 0 Å². The van der Waals surface area contributed by atoms with E-state index in [9.17, 15) is 9.59 Å². The molecule has 3 aliphatic rings. The number of carbonyl (C=O) groups excluding carboxylic acids is 2. The molecule has 1 aromatic rings. The number of carbonyl (C=O) groups is 2. The van der Waals surface area contributed by atoms with Gasteiger partial charge < -0.3 is 0 Å². The van der Waals surface area contributed by atoms with E-state index in [1.807, 2.05) is 26.0 Å². The van der Waals surface area contributed by atoms with Crippen LogP contribution in [0.4, 0.5) is 5.69 Å². The Balaban J connectivity index is 1.78. The van der Waals surface area contributed by atoms with E-state index in [0.717, 1.165) is 23.2 Å². The van der Waals surface area contributed by atoms with Crippen LogP contribution in [-0.4, -0.2) is 11.8 Å². The largest absolute Gasteiger partial charge is 0.274 e. The Morgan fingerprint density at radius 3 is 1.90 bits per heavy atom. The molecular weight excluding hydrogens is 250 g/mol. The van der Waals surface area contributed by atoms with Crippen LogP contribution in [-0.2, 0) is 9.59 Å². The molecule has 2 bridgehead atoms. The van der Waals surface area contributed by atoms with Crippen LogP contribution in [0.25, 0.3) is 0 Å². The summed E-state index contributed by atoms with van der Waals surface area (Å²) >= 11 is 0. The van der Waals surface area contributed by atoms with Crippen molar-refractivity contribution in [2.75, 3.05) is 4.90 Å². The molecule has 1 saturated carbocycles. The van der Waals surface area contributed by atoms with E-state index < -0.39 is 0 Å². The molecule has 1 saturated heterocycles. The van der Waals surface area contributed by atoms with Crippen molar-refractivity contribution in [1.82, 2.24) is 0 Å². The van der Waals surface area contributed by atoms with E-state index in [4.69, 9.17) is 0 Å². The number of allylic oxidation sites excluding steroid dienone is 2. The standard InChI is InChI=1S/C17H17NO2/c1-9-5-10(2)7-13(6-9)18-16(19)14-11-3-4-12(8-11)15(14)17(18)20/h3-7,11-12,14-15H,8H2,1-2H3/t11-,12-,14+,15+/m0/s1. The fourth-order valence-corrected chi connectivity index (χ4v) is 4.24. The Morgan fingerprint density at radius 2 is 1.40 bits per heavy atom. The SMILES string of the molecule is Cc1cc(C)cc(N2C(=O)[C@H]3[C@H](C2=O)[C@H]2C=C[C@H]3C2)c1. The summed E-state index contributed by atoms with van der Waals surface area (Å²) in [5.74, 6) is 0.329. The lowest BCUT2D eigenvalue weighted by molar-refractivity contribution is -0.123. The van der Waals surface area contributed by atoms with Crippen molar-refractivity contribution in [2.24, 2.45) is 23.7 Å². The van der Waals surface area contributed by atoms with Gasteiger partial charge in [0.1, 0.15) is 0 Å². The molecule has 4 atom stereocenters. The second-order valence-electron chi connectivity index (χ2n) is 6.36. The summed E-state index contributed by atoms with van der Waals surface area (Å²) in [4.78, 5) is 26.8. The molecule has 0 radical (unpaired) electrons. The Morgan fingerprint density at radius 1 is 0.900 bits per heavy atom. The lowest BCUT2D eigenvalue weighted by Gasteiger charge is -2.18. The van der Waals surface area contributed by atoms with Crippen LogP contribution in [0.15, 0.2) is 30.4 Å². The maximum absolute atomic E-state index is 12.7. The quantitative estimate of drug-likeness (QED) is 0.579. The third-order valence-corrected chi connectivity index (χ3v) is 4.93. The van der Waals surface area contributed by atoms with Gasteiger partial charge >= 0.3 is 0 Å². The molecular formula is C17H17NO2. The van der Waals surface area contributed by atoms with Crippen LogP contribution >= 0.6 is 0 Å². The Bertz CT molecular complexity index is 611. The van der Waals surface area contributed by atoms with Crippen molar-refractivity contribution in [3.05, 3.63) is 41.5 Å². The first-order valence-electron chi connectivity index (χ1n) is 7.20. The van der Waals surface area contributed by atoms with Crippen molar-refractivity contribution in [1.29, 1.82) is 0 Å². The van der Waals surface area contributed by atoms with Gasteiger partial charge in [0.05, 0.1) is 17.5 Å². The van der Waals surface area contributed by atoms with E-state index in [0.29, 0.717) is 0 Å². The molecule has 1 aromatic carbocycles. The zero-order chi connectivity index (χ0) is 14.0. The van der Waals surface area contributed by atoms with Gasteiger partial charge in [-0.1, -0.05) is 18.2 Å². The van der Waals surface area contributed by atoms with E-state index in [-0.39, 0.29) is 35.5 Å². The first-order chi connectivity index (χ1) is 9.56. The number of hydrogen-bond donors (Lipinski definition) is 0. The van der Waals surface area contributed by atoms with Gasteiger partial charge in [-0.2, -0.15) is 0 Å². The Labute approximate surface area is 118 Å². The highest BCUT2D eigenvalue weighted by Gasteiger charge is 2.59. The molecule has 0 unspecified atom stereocenters. The van der Waals surface area contributed by atoms with Gasteiger partial charge in [-0.05, 0) is 55.4 Å². The number of fused-ring (bicyclic) bond motifs is 5. The molecule has 4 rings (SSSR count). The summed E-state index contributed by atoms with van der Waals surface area (Å²) in [5.41, 5.74) is 2.91. The fraction of sp³-hybridized carbons (Fsp3) is 0.412. The molecule has 3 heteroatoms. The van der Waals surface area contributed by atoms with Crippen LogP contribution in [0.3, 0.4) is 0 Å². The average molecular weight is 267 g/mol. The second-order valence-corrected chi connectivity index (χ2v) is 6.36. The second kappa shape index (κ2) is 3.81. The van der Waals surface area contributed by atoms with Crippen LogP contribution in [0.5, 0.6) is 0 Å². The zero-order valence-corrected chi connectivity index (χ0v) is 11.7. The van der Waals surface area contributed by atoms with Crippen LogP contribution in [0.2, 0.25) is 0 Å². The minimum Gasteiger partial charge on any atom is -0.274 e. The molecule has 0 N–H and O–H groups in total. The highest BCUT2D eigenvalue weighted by Crippen LogP contribution is 2.53. The topological polar surface area (TPSA) is 37.4 Å². The smallest absolute Gasteiger partial charge is 0.238 e. The zero-order valence-electron chi connectivity index (χ0n) is 11.7. The predicted molar refractivity (Wildman–Crippen MR) is 76.1 cm³/mol. The molecule has 102 valence electrons. The number of imide groups is 1. The van der Waals surface area contributed by atoms with E-state index in [1.165, 1.54) is 4.90 Å². The minimum absolute atomic E-state index is 0.00171. The van der Waals surface area contributed by atoms with Gasteiger partial charge in [0.25, 0.3) is 0 Å². The number of amides is 2. The van der Waals surface area contributed by atoms with Crippen molar-refractivity contribution >= 4 is 17.5 Å². The van der Waals surface area contributed by atoms with Crippen LogP contribution < -0.4 is 4.90 Å². The Hall–Kier alpha value is -1.90. The molecule has 0 spiro atoms. The maximum atomic E-state index is 12.7. The van der Waals surface area contributed by atoms with E-state index >= 15 is 0 Å². The first kappa shape index (κ1) is 11.9. The monoisotopic (exact) mass is 267 g/mol. The number of aryl methyl sites for hydroxylation is 2. The van der Waals surface area contributed by atoms with E-state index in [2.05, 4.69) is 18.2 Å². The average Bonchev–Trinajstić information content (AvgIpc) is 3.02. The minimum atomic E-state index is -0.113. The Kier molecular flexibility index (Phi) is 2.27. The van der Waals surface area contributed by atoms with Gasteiger partial charge in [0.15, 0.2) is 0 Å². The van der Waals surface area contributed by atoms with Crippen molar-refractivity contribution in [2.45, 2.75) is 20.3 Å². The molecule has 3 nitrogen and oxygen atoms in total.